The van der Waals surface area contributed by atoms with Crippen molar-refractivity contribution in [1.29, 1.82) is 0 Å². The fraction of sp³-hybridized carbons (Fsp3) is 0.235. The molecular weight excluding hydrogens is 318 g/mol. The molecule has 2 aromatic carbocycles. The molecule has 0 aromatic heterocycles. The molecule has 2 N–H and O–H groups in total. The van der Waals surface area contributed by atoms with Crippen LogP contribution in [0.25, 0.3) is 0 Å². The minimum atomic E-state index is -2.89. The molecule has 2 rings (SSSR count). The molecule has 122 valence electrons. The first kappa shape index (κ1) is 17.1. The van der Waals surface area contributed by atoms with Crippen LogP contribution in [0.1, 0.15) is 16.7 Å². The van der Waals surface area contributed by atoms with E-state index in [-0.39, 0.29) is 5.75 Å². The van der Waals surface area contributed by atoms with Crippen molar-refractivity contribution in [3.8, 4) is 5.75 Å². The predicted molar refractivity (Wildman–Crippen MR) is 93.6 cm³/mol. The molecule has 2 aromatic rings. The third-order valence-electron chi connectivity index (χ3n) is 3.36. The summed E-state index contributed by atoms with van der Waals surface area (Å²) in [6, 6.07) is 10.7. The Balaban J connectivity index is 2.13. The van der Waals surface area contributed by atoms with Crippen LogP contribution in [0.5, 0.6) is 5.75 Å². The highest BCUT2D eigenvalue weighted by atomic mass is 32.1. The second kappa shape index (κ2) is 7.37. The zero-order valence-electron chi connectivity index (χ0n) is 13.1. The number of thiocarbonyl (C=S) groups is 1. The van der Waals surface area contributed by atoms with Gasteiger partial charge in [0.15, 0.2) is 5.11 Å². The average Bonchev–Trinajstić information content (AvgIpc) is 2.45. The zero-order chi connectivity index (χ0) is 17.0. The molecule has 0 aliphatic heterocycles. The summed E-state index contributed by atoms with van der Waals surface area (Å²) < 4.78 is 29.4. The van der Waals surface area contributed by atoms with Crippen LogP contribution in [0.4, 0.5) is 20.2 Å². The molecule has 0 spiro atoms. The van der Waals surface area contributed by atoms with Crippen molar-refractivity contribution >= 4 is 28.7 Å². The lowest BCUT2D eigenvalue weighted by Gasteiger charge is -2.15. The standard InChI is InChI=1S/C17H18F2N2OS/c1-10-4-7-15(22-16(18)19)14(8-10)21-17(23)20-13-6-5-11(2)12(3)9-13/h4-9,16H,1-3H3,(H2,20,21,23). The van der Waals surface area contributed by atoms with Gasteiger partial charge in [-0.1, -0.05) is 12.1 Å². The Kier molecular flexibility index (Phi) is 5.50. The molecule has 0 fully saturated rings. The lowest BCUT2D eigenvalue weighted by Crippen LogP contribution is -2.20. The van der Waals surface area contributed by atoms with Gasteiger partial charge in [-0.05, 0) is 73.9 Å². The van der Waals surface area contributed by atoms with E-state index in [1.165, 1.54) is 11.6 Å². The number of halogens is 2. The van der Waals surface area contributed by atoms with Crippen molar-refractivity contribution in [2.24, 2.45) is 0 Å². The third kappa shape index (κ3) is 4.89. The summed E-state index contributed by atoms with van der Waals surface area (Å²) in [6.45, 7) is 3.00. The second-order valence-electron chi connectivity index (χ2n) is 5.26. The molecule has 0 aliphatic rings. The van der Waals surface area contributed by atoms with Crippen LogP contribution in [0.3, 0.4) is 0 Å². The molecule has 6 heteroatoms. The van der Waals surface area contributed by atoms with Gasteiger partial charge in [0.2, 0.25) is 0 Å². The number of benzene rings is 2. The van der Waals surface area contributed by atoms with Crippen molar-refractivity contribution in [2.75, 3.05) is 10.6 Å². The summed E-state index contributed by atoms with van der Waals surface area (Å²) in [7, 11) is 0. The minimum absolute atomic E-state index is 0.0508. The molecule has 0 aliphatic carbocycles. The SMILES string of the molecule is Cc1ccc(OC(F)F)c(NC(=S)Nc2ccc(C)c(C)c2)c1. The number of hydrogen-bond donors (Lipinski definition) is 2. The highest BCUT2D eigenvalue weighted by Crippen LogP contribution is 2.27. The van der Waals surface area contributed by atoms with Crippen molar-refractivity contribution < 1.29 is 13.5 Å². The molecule has 0 bridgehead atoms. The van der Waals surface area contributed by atoms with E-state index in [1.807, 2.05) is 39.0 Å². The lowest BCUT2D eigenvalue weighted by atomic mass is 10.1. The van der Waals surface area contributed by atoms with Gasteiger partial charge in [-0.25, -0.2) is 0 Å². The van der Waals surface area contributed by atoms with Gasteiger partial charge in [-0.15, -0.1) is 0 Å². The van der Waals surface area contributed by atoms with Crippen molar-refractivity contribution in [2.45, 2.75) is 27.4 Å². The smallest absolute Gasteiger partial charge is 0.387 e. The zero-order valence-corrected chi connectivity index (χ0v) is 13.9. The molecular formula is C17H18F2N2OS. The molecule has 23 heavy (non-hydrogen) atoms. The van der Waals surface area contributed by atoms with Gasteiger partial charge in [0.1, 0.15) is 5.75 Å². The predicted octanol–water partition coefficient (Wildman–Crippen LogP) is 5.02. The Labute approximate surface area is 139 Å². The quantitative estimate of drug-likeness (QED) is 0.768. The van der Waals surface area contributed by atoms with Crippen LogP contribution < -0.4 is 15.4 Å². The highest BCUT2D eigenvalue weighted by Gasteiger charge is 2.11. The van der Waals surface area contributed by atoms with Crippen LogP contribution >= 0.6 is 12.2 Å². The molecule has 0 atom stereocenters. The van der Waals surface area contributed by atoms with Crippen LogP contribution in [0.2, 0.25) is 0 Å². The molecule has 3 nitrogen and oxygen atoms in total. The first-order valence-electron chi connectivity index (χ1n) is 7.06. The number of aryl methyl sites for hydroxylation is 3. The number of hydrogen-bond acceptors (Lipinski definition) is 2. The van der Waals surface area contributed by atoms with E-state index >= 15 is 0 Å². The van der Waals surface area contributed by atoms with E-state index in [2.05, 4.69) is 15.4 Å². The Morgan fingerprint density at radius 2 is 1.74 bits per heavy atom. The lowest BCUT2D eigenvalue weighted by molar-refractivity contribution is -0.0493. The van der Waals surface area contributed by atoms with Crippen LogP contribution in [0, 0.1) is 20.8 Å². The number of anilines is 2. The second-order valence-corrected chi connectivity index (χ2v) is 5.66. The van der Waals surface area contributed by atoms with Crippen LogP contribution in [-0.2, 0) is 0 Å². The molecule has 0 radical (unpaired) electrons. The maximum atomic E-state index is 12.5. The largest absolute Gasteiger partial charge is 0.433 e. The van der Waals surface area contributed by atoms with E-state index in [4.69, 9.17) is 12.2 Å². The summed E-state index contributed by atoms with van der Waals surface area (Å²) in [5, 5.41) is 6.24. The minimum Gasteiger partial charge on any atom is -0.433 e. The summed E-state index contributed by atoms with van der Waals surface area (Å²) in [5.74, 6) is 0.0508. The molecule has 0 amide bonds. The molecule has 0 heterocycles. The van der Waals surface area contributed by atoms with Crippen LogP contribution in [0.15, 0.2) is 36.4 Å². The number of ether oxygens (including phenoxy) is 1. The van der Waals surface area contributed by atoms with E-state index in [0.29, 0.717) is 10.8 Å². The summed E-state index contributed by atoms with van der Waals surface area (Å²) >= 11 is 5.25. The van der Waals surface area contributed by atoms with E-state index in [9.17, 15) is 8.78 Å². The van der Waals surface area contributed by atoms with Gasteiger partial charge >= 0.3 is 6.61 Å². The fourth-order valence-corrected chi connectivity index (χ4v) is 2.27. The molecule has 0 saturated heterocycles. The topological polar surface area (TPSA) is 33.3 Å². The Morgan fingerprint density at radius 1 is 1.00 bits per heavy atom. The van der Waals surface area contributed by atoms with Gasteiger partial charge < -0.3 is 15.4 Å². The fourth-order valence-electron chi connectivity index (χ4n) is 2.04. The number of alkyl halides is 2. The van der Waals surface area contributed by atoms with E-state index in [1.54, 1.807) is 12.1 Å². The van der Waals surface area contributed by atoms with Gasteiger partial charge in [-0.3, -0.25) is 0 Å². The van der Waals surface area contributed by atoms with Crippen molar-refractivity contribution in [1.82, 2.24) is 0 Å². The number of rotatable bonds is 4. The van der Waals surface area contributed by atoms with Gasteiger partial charge in [-0.2, -0.15) is 8.78 Å². The third-order valence-corrected chi connectivity index (χ3v) is 3.57. The Bertz CT molecular complexity index is 720. The monoisotopic (exact) mass is 336 g/mol. The maximum absolute atomic E-state index is 12.5. The van der Waals surface area contributed by atoms with E-state index < -0.39 is 6.61 Å². The Morgan fingerprint density at radius 3 is 2.39 bits per heavy atom. The summed E-state index contributed by atoms with van der Waals surface area (Å²) in [4.78, 5) is 0. The summed E-state index contributed by atoms with van der Waals surface area (Å²) in [6.07, 6.45) is 0. The highest BCUT2D eigenvalue weighted by molar-refractivity contribution is 7.80. The van der Waals surface area contributed by atoms with E-state index in [0.717, 1.165) is 16.8 Å². The normalized spacial score (nSPS) is 10.5. The molecule has 0 saturated carbocycles. The van der Waals surface area contributed by atoms with Crippen molar-refractivity contribution in [3.63, 3.8) is 0 Å². The van der Waals surface area contributed by atoms with Gasteiger partial charge in [0, 0.05) is 5.69 Å². The van der Waals surface area contributed by atoms with Crippen LogP contribution in [-0.4, -0.2) is 11.7 Å². The van der Waals surface area contributed by atoms with Gasteiger partial charge in [0.25, 0.3) is 0 Å². The first-order chi connectivity index (χ1) is 10.8. The first-order valence-corrected chi connectivity index (χ1v) is 7.46. The maximum Gasteiger partial charge on any atom is 0.387 e. The number of nitrogens with one attached hydrogen (secondary N) is 2. The Hall–Kier alpha value is -2.21. The van der Waals surface area contributed by atoms with Gasteiger partial charge in [0.05, 0.1) is 5.69 Å². The molecule has 0 unspecified atom stereocenters. The van der Waals surface area contributed by atoms with Crippen molar-refractivity contribution in [3.05, 3.63) is 53.1 Å². The average molecular weight is 336 g/mol. The summed E-state index contributed by atoms with van der Waals surface area (Å²) in [5.41, 5.74) is 4.44.